The number of anilines is 1. The Balaban J connectivity index is 1.76. The third kappa shape index (κ3) is 2.89. The molecule has 2 aromatic heterocycles. The SMILES string of the molecule is Cc1noc(C)c1C(=O)N1CCN(c2cc(Cl)ncn2)C(=O)C1. The molecule has 0 N–H and O–H groups in total. The van der Waals surface area contributed by atoms with Crippen molar-refractivity contribution in [2.75, 3.05) is 24.5 Å². The predicted molar refractivity (Wildman–Crippen MR) is 81.3 cm³/mol. The van der Waals surface area contributed by atoms with Gasteiger partial charge in [-0.1, -0.05) is 16.8 Å². The van der Waals surface area contributed by atoms with Gasteiger partial charge in [-0.2, -0.15) is 0 Å². The second-order valence-corrected chi connectivity index (χ2v) is 5.56. The average Bonchev–Trinajstić information content (AvgIpc) is 2.85. The van der Waals surface area contributed by atoms with Gasteiger partial charge in [0.15, 0.2) is 0 Å². The highest BCUT2D eigenvalue weighted by atomic mass is 35.5. The molecule has 1 aliphatic rings. The Morgan fingerprint density at radius 1 is 1.30 bits per heavy atom. The van der Waals surface area contributed by atoms with E-state index in [4.69, 9.17) is 16.1 Å². The minimum atomic E-state index is -0.255. The number of hydrogen-bond donors (Lipinski definition) is 0. The molecular formula is C14H14ClN5O3. The van der Waals surface area contributed by atoms with Crippen LogP contribution >= 0.6 is 11.6 Å². The van der Waals surface area contributed by atoms with Crippen LogP contribution in [0.15, 0.2) is 16.9 Å². The van der Waals surface area contributed by atoms with Crippen molar-refractivity contribution in [1.82, 2.24) is 20.0 Å². The van der Waals surface area contributed by atoms with Crippen molar-refractivity contribution in [3.05, 3.63) is 34.6 Å². The summed E-state index contributed by atoms with van der Waals surface area (Å²) in [6.45, 7) is 4.06. The lowest BCUT2D eigenvalue weighted by atomic mass is 10.1. The summed E-state index contributed by atoms with van der Waals surface area (Å²) in [6, 6.07) is 1.52. The first-order valence-electron chi connectivity index (χ1n) is 6.97. The molecule has 120 valence electrons. The normalized spacial score (nSPS) is 15.2. The zero-order valence-corrected chi connectivity index (χ0v) is 13.4. The zero-order chi connectivity index (χ0) is 16.6. The maximum absolute atomic E-state index is 12.6. The Morgan fingerprint density at radius 2 is 2.09 bits per heavy atom. The molecule has 9 heteroatoms. The van der Waals surface area contributed by atoms with Gasteiger partial charge in [0, 0.05) is 19.2 Å². The molecule has 0 atom stereocenters. The van der Waals surface area contributed by atoms with E-state index in [9.17, 15) is 9.59 Å². The smallest absolute Gasteiger partial charge is 0.259 e. The Labute approximate surface area is 137 Å². The van der Waals surface area contributed by atoms with Gasteiger partial charge in [0.1, 0.15) is 35.2 Å². The standard InChI is InChI=1S/C14H14ClN5O3/c1-8-13(9(2)23-18-8)14(22)19-3-4-20(12(21)6-19)11-5-10(15)16-7-17-11/h5,7H,3-4,6H2,1-2H3. The molecule has 0 bridgehead atoms. The summed E-state index contributed by atoms with van der Waals surface area (Å²) in [7, 11) is 0. The van der Waals surface area contributed by atoms with Crippen molar-refractivity contribution < 1.29 is 14.1 Å². The minimum Gasteiger partial charge on any atom is -0.361 e. The molecule has 3 heterocycles. The predicted octanol–water partition coefficient (Wildman–Crippen LogP) is 1.22. The number of halogens is 1. The topological polar surface area (TPSA) is 92.4 Å². The molecule has 0 aliphatic carbocycles. The highest BCUT2D eigenvalue weighted by molar-refractivity contribution is 6.29. The number of hydrogen-bond acceptors (Lipinski definition) is 6. The third-order valence-electron chi connectivity index (χ3n) is 3.65. The fourth-order valence-corrected chi connectivity index (χ4v) is 2.65. The quantitative estimate of drug-likeness (QED) is 0.766. The monoisotopic (exact) mass is 335 g/mol. The van der Waals surface area contributed by atoms with E-state index in [1.54, 1.807) is 13.8 Å². The van der Waals surface area contributed by atoms with Gasteiger partial charge in [0.25, 0.3) is 5.91 Å². The van der Waals surface area contributed by atoms with Gasteiger partial charge >= 0.3 is 0 Å². The van der Waals surface area contributed by atoms with Crippen LogP contribution in [0.3, 0.4) is 0 Å². The Hall–Kier alpha value is -2.48. The van der Waals surface area contributed by atoms with Gasteiger partial charge in [-0.05, 0) is 13.8 Å². The Kier molecular flexibility index (Phi) is 3.99. The lowest BCUT2D eigenvalue weighted by Gasteiger charge is -2.33. The lowest BCUT2D eigenvalue weighted by molar-refractivity contribution is -0.120. The number of rotatable bonds is 2. The van der Waals surface area contributed by atoms with Crippen LogP contribution in [0.5, 0.6) is 0 Å². The number of carbonyl (C=O) groups excluding carboxylic acids is 2. The maximum atomic E-state index is 12.6. The van der Waals surface area contributed by atoms with Crippen LogP contribution in [0.2, 0.25) is 5.15 Å². The summed E-state index contributed by atoms with van der Waals surface area (Å²) in [6.07, 6.45) is 1.30. The number of piperazine rings is 1. The molecule has 2 aromatic rings. The van der Waals surface area contributed by atoms with E-state index in [1.807, 2.05) is 0 Å². The molecule has 8 nitrogen and oxygen atoms in total. The van der Waals surface area contributed by atoms with E-state index in [-0.39, 0.29) is 23.5 Å². The molecule has 0 unspecified atom stereocenters. The van der Waals surface area contributed by atoms with Crippen molar-refractivity contribution >= 4 is 29.2 Å². The van der Waals surface area contributed by atoms with Crippen LogP contribution in [-0.4, -0.2) is 51.5 Å². The summed E-state index contributed by atoms with van der Waals surface area (Å²) in [5.41, 5.74) is 0.932. The van der Waals surface area contributed by atoms with Gasteiger partial charge in [-0.15, -0.1) is 0 Å². The number of carbonyl (C=O) groups is 2. The molecule has 2 amide bonds. The van der Waals surface area contributed by atoms with Gasteiger partial charge in [0.2, 0.25) is 5.91 Å². The van der Waals surface area contributed by atoms with Crippen molar-refractivity contribution in [3.8, 4) is 0 Å². The molecule has 0 saturated carbocycles. The summed E-state index contributed by atoms with van der Waals surface area (Å²) in [5, 5.41) is 4.04. The van der Waals surface area contributed by atoms with Crippen molar-refractivity contribution in [1.29, 1.82) is 0 Å². The highest BCUT2D eigenvalue weighted by Gasteiger charge is 2.31. The minimum absolute atomic E-state index is 0.0372. The number of aromatic nitrogens is 3. The number of nitrogens with zero attached hydrogens (tertiary/aromatic N) is 5. The van der Waals surface area contributed by atoms with Crippen LogP contribution in [0.1, 0.15) is 21.8 Å². The molecule has 0 radical (unpaired) electrons. The summed E-state index contributed by atoms with van der Waals surface area (Å²) in [4.78, 5) is 35.7. The molecule has 0 spiro atoms. The van der Waals surface area contributed by atoms with Gasteiger partial charge in [-0.25, -0.2) is 9.97 Å². The van der Waals surface area contributed by atoms with Crippen molar-refractivity contribution in [2.24, 2.45) is 0 Å². The van der Waals surface area contributed by atoms with E-state index in [1.165, 1.54) is 22.2 Å². The van der Waals surface area contributed by atoms with Gasteiger partial charge in [-0.3, -0.25) is 14.5 Å². The average molecular weight is 336 g/mol. The van der Waals surface area contributed by atoms with Crippen LogP contribution in [0.4, 0.5) is 5.82 Å². The van der Waals surface area contributed by atoms with Crippen LogP contribution in [0, 0.1) is 13.8 Å². The van der Waals surface area contributed by atoms with E-state index < -0.39 is 0 Å². The van der Waals surface area contributed by atoms with Crippen LogP contribution in [0.25, 0.3) is 0 Å². The molecule has 1 fully saturated rings. The summed E-state index contributed by atoms with van der Waals surface area (Å²) in [5.74, 6) is 0.394. The van der Waals surface area contributed by atoms with E-state index in [0.29, 0.717) is 35.9 Å². The maximum Gasteiger partial charge on any atom is 0.259 e. The van der Waals surface area contributed by atoms with Gasteiger partial charge < -0.3 is 9.42 Å². The molecular weight excluding hydrogens is 322 g/mol. The second kappa shape index (κ2) is 5.96. The third-order valence-corrected chi connectivity index (χ3v) is 3.86. The molecule has 0 aromatic carbocycles. The summed E-state index contributed by atoms with van der Waals surface area (Å²) < 4.78 is 5.01. The Morgan fingerprint density at radius 3 is 2.70 bits per heavy atom. The molecule has 3 rings (SSSR count). The number of aryl methyl sites for hydroxylation is 2. The Bertz CT molecular complexity index is 756. The zero-order valence-electron chi connectivity index (χ0n) is 12.6. The van der Waals surface area contributed by atoms with E-state index >= 15 is 0 Å². The van der Waals surface area contributed by atoms with Crippen molar-refractivity contribution in [2.45, 2.75) is 13.8 Å². The largest absolute Gasteiger partial charge is 0.361 e. The lowest BCUT2D eigenvalue weighted by Crippen LogP contribution is -2.52. The van der Waals surface area contributed by atoms with E-state index in [2.05, 4.69) is 15.1 Å². The van der Waals surface area contributed by atoms with Crippen molar-refractivity contribution in [3.63, 3.8) is 0 Å². The van der Waals surface area contributed by atoms with Crippen LogP contribution in [-0.2, 0) is 4.79 Å². The number of amides is 2. The fourth-order valence-electron chi connectivity index (χ4n) is 2.51. The van der Waals surface area contributed by atoms with E-state index in [0.717, 1.165) is 0 Å². The first-order chi connectivity index (χ1) is 11.0. The van der Waals surface area contributed by atoms with Gasteiger partial charge in [0.05, 0.1) is 5.69 Å². The molecule has 1 saturated heterocycles. The molecule has 23 heavy (non-hydrogen) atoms. The molecule has 1 aliphatic heterocycles. The van der Waals surface area contributed by atoms with Crippen LogP contribution < -0.4 is 4.90 Å². The fraction of sp³-hybridized carbons (Fsp3) is 0.357. The first kappa shape index (κ1) is 15.4. The highest BCUT2D eigenvalue weighted by Crippen LogP contribution is 2.20. The summed E-state index contributed by atoms with van der Waals surface area (Å²) >= 11 is 5.82. The first-order valence-corrected chi connectivity index (χ1v) is 7.35. The second-order valence-electron chi connectivity index (χ2n) is 5.17.